The van der Waals surface area contributed by atoms with Gasteiger partial charge in [0.15, 0.2) is 6.29 Å². The predicted molar refractivity (Wildman–Crippen MR) is 223 cm³/mol. The third kappa shape index (κ3) is 17.6. The molecule has 0 aromatic heterocycles. The van der Waals surface area contributed by atoms with Crippen LogP contribution < -0.4 is 5.73 Å². The van der Waals surface area contributed by atoms with E-state index < -0.39 is 43.4 Å². The Labute approximate surface area is 336 Å². The van der Waals surface area contributed by atoms with Crippen molar-refractivity contribution in [2.75, 3.05) is 26.4 Å². The summed E-state index contributed by atoms with van der Waals surface area (Å²) in [5, 5.41) is 48.7. The molecule has 55 heavy (non-hydrogen) atoms. The average Bonchev–Trinajstić information content (AvgIpc) is 3.16. The Morgan fingerprint density at radius 3 is 1.80 bits per heavy atom. The van der Waals surface area contributed by atoms with Crippen LogP contribution >= 0.6 is 0 Å². The van der Waals surface area contributed by atoms with Crippen molar-refractivity contribution in [3.05, 3.63) is 11.6 Å². The molecule has 3 aliphatic carbocycles. The van der Waals surface area contributed by atoms with E-state index in [1.165, 1.54) is 141 Å². The van der Waals surface area contributed by atoms with E-state index >= 15 is 0 Å². The number of ether oxygens (including phenoxy) is 3. The zero-order valence-corrected chi connectivity index (χ0v) is 35.7. The van der Waals surface area contributed by atoms with Gasteiger partial charge in [-0.2, -0.15) is 0 Å². The lowest BCUT2D eigenvalue weighted by Gasteiger charge is -2.56. The van der Waals surface area contributed by atoms with Crippen molar-refractivity contribution >= 4 is 0 Å². The molecule has 9 heteroatoms. The molecular weight excluding hydrogens is 695 g/mol. The molecule has 1 saturated carbocycles. The van der Waals surface area contributed by atoms with E-state index in [1.807, 2.05) is 0 Å². The van der Waals surface area contributed by atoms with E-state index in [4.69, 9.17) is 19.9 Å². The highest BCUT2D eigenvalue weighted by molar-refractivity contribution is 5.23. The minimum atomic E-state index is -1.44. The van der Waals surface area contributed by atoms with Gasteiger partial charge in [-0.3, -0.25) is 0 Å². The molecule has 8 atom stereocenters. The van der Waals surface area contributed by atoms with Gasteiger partial charge in [0.1, 0.15) is 24.4 Å². The van der Waals surface area contributed by atoms with Gasteiger partial charge >= 0.3 is 0 Å². The van der Waals surface area contributed by atoms with Crippen LogP contribution in [-0.4, -0.2) is 94.3 Å². The van der Waals surface area contributed by atoms with Crippen LogP contribution in [0.15, 0.2) is 11.6 Å². The van der Waals surface area contributed by atoms with Crippen molar-refractivity contribution < 1.29 is 39.7 Å². The maximum atomic E-state index is 10.1. The Balaban J connectivity index is 0.000000304. The zero-order valence-electron chi connectivity index (χ0n) is 35.7. The monoisotopic (exact) mass is 782 g/mol. The molecule has 8 unspecified atom stereocenters. The van der Waals surface area contributed by atoms with Gasteiger partial charge in [0, 0.05) is 0 Å². The predicted octanol–water partition coefficient (Wildman–Crippen LogP) is 8.64. The summed E-state index contributed by atoms with van der Waals surface area (Å²) < 4.78 is 15.9. The summed E-state index contributed by atoms with van der Waals surface area (Å²) in [5.41, 5.74) is 8.60. The molecular formula is C46H87NO8. The largest absolute Gasteiger partial charge is 0.394 e. The summed E-state index contributed by atoms with van der Waals surface area (Å²) in [5.74, 6) is 1.90. The minimum absolute atomic E-state index is 0.0306. The highest BCUT2D eigenvalue weighted by Gasteiger charge is 2.50. The highest BCUT2D eigenvalue weighted by Crippen LogP contribution is 2.60. The van der Waals surface area contributed by atoms with Crippen LogP contribution in [0.25, 0.3) is 0 Å². The van der Waals surface area contributed by atoms with Crippen molar-refractivity contribution in [1.82, 2.24) is 0 Å². The van der Waals surface area contributed by atoms with Gasteiger partial charge in [0.2, 0.25) is 0 Å². The topological polar surface area (TPSA) is 155 Å². The second-order valence-electron chi connectivity index (χ2n) is 18.5. The third-order valence-corrected chi connectivity index (χ3v) is 13.5. The molecule has 9 nitrogen and oxygen atoms in total. The molecule has 2 aliphatic heterocycles. The second kappa shape index (κ2) is 27.2. The van der Waals surface area contributed by atoms with Gasteiger partial charge in [0.25, 0.3) is 0 Å². The second-order valence-corrected chi connectivity index (χ2v) is 18.5. The van der Waals surface area contributed by atoms with Crippen molar-refractivity contribution in [3.63, 3.8) is 0 Å². The summed E-state index contributed by atoms with van der Waals surface area (Å²) in [6, 6.07) is 0. The lowest BCUT2D eigenvalue weighted by molar-refractivity contribution is -0.301. The quantitative estimate of drug-likeness (QED) is 0.0310. The molecule has 7 N–H and O–H groups in total. The molecule has 3 fully saturated rings. The van der Waals surface area contributed by atoms with Gasteiger partial charge in [-0.05, 0) is 62.2 Å². The Morgan fingerprint density at radius 2 is 1.29 bits per heavy atom. The first kappa shape index (κ1) is 48.7. The molecule has 0 amide bonds. The summed E-state index contributed by atoms with van der Waals surface area (Å²) in [7, 11) is 0. The smallest absolute Gasteiger partial charge is 0.186 e. The van der Waals surface area contributed by atoms with Gasteiger partial charge in [0.05, 0.1) is 38.1 Å². The van der Waals surface area contributed by atoms with Crippen LogP contribution in [0.5, 0.6) is 0 Å². The van der Waals surface area contributed by atoms with Gasteiger partial charge in [-0.1, -0.05) is 161 Å². The number of fused-ring (bicyclic) bond motifs is 1. The van der Waals surface area contributed by atoms with Crippen molar-refractivity contribution in [3.8, 4) is 0 Å². The number of aliphatic hydroxyl groups excluding tert-OH is 5. The first-order chi connectivity index (χ1) is 26.5. The summed E-state index contributed by atoms with van der Waals surface area (Å²) in [4.78, 5) is 0. The molecule has 2 heterocycles. The van der Waals surface area contributed by atoms with Crippen LogP contribution in [-0.2, 0) is 14.2 Å². The molecule has 0 spiro atoms. The van der Waals surface area contributed by atoms with E-state index in [9.17, 15) is 25.5 Å². The Hall–Kier alpha value is -0.620. The molecule has 0 radical (unpaired) electrons. The van der Waals surface area contributed by atoms with Gasteiger partial charge < -0.3 is 45.5 Å². The van der Waals surface area contributed by atoms with E-state index in [-0.39, 0.29) is 12.1 Å². The molecule has 5 rings (SSSR count). The van der Waals surface area contributed by atoms with Crippen molar-refractivity contribution in [2.24, 2.45) is 23.0 Å². The third-order valence-electron chi connectivity index (χ3n) is 13.5. The zero-order chi connectivity index (χ0) is 39.9. The van der Waals surface area contributed by atoms with Crippen LogP contribution in [0.2, 0.25) is 0 Å². The Bertz CT molecular complexity index is 1000. The summed E-state index contributed by atoms with van der Waals surface area (Å²) in [6.07, 6.45) is 30.3. The fourth-order valence-electron chi connectivity index (χ4n) is 9.20. The van der Waals surface area contributed by atoms with E-state index in [0.717, 1.165) is 50.7 Å². The highest BCUT2D eigenvalue weighted by atomic mass is 16.7. The Kier molecular flexibility index (Phi) is 24.1. The standard InChI is InChI=1S/C24H48O7.C22H39NO/c1-2-3-4-5-6-7-8-9-10-11-12-13-14-15-19(26)16-17-30-24-23(29)22(28)21(27)20(18-25)31-24;1-21(2)19-13-12-18(20(21)15-19)11-9-7-5-3-4-6-8-10-14-22(23)16-24-17-22/h19-29H,2-18H2,1H3;12,19-20H,3-11,13-17,23H2,1-2H3. The molecule has 324 valence electrons. The van der Waals surface area contributed by atoms with Crippen LogP contribution in [0.3, 0.4) is 0 Å². The summed E-state index contributed by atoms with van der Waals surface area (Å²) >= 11 is 0. The fraction of sp³-hybridized carbons (Fsp3) is 0.957. The fourth-order valence-corrected chi connectivity index (χ4v) is 9.20. The SMILES string of the molecule is CC1(C)C2CC=C(CCCCCCCCCCC3(N)COC3)C1C2.CCCCCCCCCCCCCCCC(O)CCOC1OC(CO)C(O)C(O)C1O. The van der Waals surface area contributed by atoms with Crippen LogP contribution in [0, 0.1) is 17.3 Å². The Morgan fingerprint density at radius 1 is 0.745 bits per heavy atom. The first-order valence-corrected chi connectivity index (χ1v) is 23.2. The number of allylic oxidation sites excluding steroid dienone is 2. The number of aliphatic hydroxyl groups is 5. The first-order valence-electron chi connectivity index (χ1n) is 23.2. The number of rotatable bonds is 30. The molecule has 2 bridgehead atoms. The lowest BCUT2D eigenvalue weighted by atomic mass is 9.48. The number of hydrogen-bond donors (Lipinski definition) is 6. The van der Waals surface area contributed by atoms with Crippen molar-refractivity contribution in [1.29, 1.82) is 0 Å². The molecule has 0 aromatic rings. The molecule has 0 aromatic carbocycles. The van der Waals surface area contributed by atoms with Gasteiger partial charge in [-0.15, -0.1) is 0 Å². The number of hydrogen-bond acceptors (Lipinski definition) is 9. The lowest BCUT2D eigenvalue weighted by Crippen LogP contribution is -2.59. The van der Waals surface area contributed by atoms with E-state index in [0.29, 0.717) is 11.8 Å². The van der Waals surface area contributed by atoms with E-state index in [2.05, 4.69) is 26.8 Å². The maximum absolute atomic E-state index is 10.1. The van der Waals surface area contributed by atoms with Crippen LogP contribution in [0.4, 0.5) is 0 Å². The average molecular weight is 782 g/mol. The van der Waals surface area contributed by atoms with Crippen LogP contribution in [0.1, 0.15) is 194 Å². The molecule has 5 aliphatic rings. The normalized spacial score (nSPS) is 28.4. The van der Waals surface area contributed by atoms with E-state index in [1.54, 1.807) is 5.57 Å². The van der Waals surface area contributed by atoms with Crippen molar-refractivity contribution in [2.45, 2.75) is 236 Å². The van der Waals surface area contributed by atoms with Gasteiger partial charge in [-0.25, -0.2) is 0 Å². The molecule has 2 saturated heterocycles. The number of unbranched alkanes of at least 4 members (excludes halogenated alkanes) is 19. The number of nitrogens with two attached hydrogens (primary N) is 1. The minimum Gasteiger partial charge on any atom is -0.394 e. The summed E-state index contributed by atoms with van der Waals surface area (Å²) in [6.45, 7) is 8.48. The maximum Gasteiger partial charge on any atom is 0.186 e.